The van der Waals surface area contributed by atoms with Crippen LogP contribution < -0.4 is 4.72 Å². The number of rotatable bonds is 5. The summed E-state index contributed by atoms with van der Waals surface area (Å²) in [7, 11) is -3.41. The number of sulfonamides is 1. The quantitative estimate of drug-likeness (QED) is 0.889. The zero-order valence-electron chi connectivity index (χ0n) is 11.0. The third kappa shape index (κ3) is 4.02. The van der Waals surface area contributed by atoms with E-state index in [1.165, 1.54) is 12.8 Å². The fraction of sp³-hybridized carbons (Fsp3) is 0.538. The molecule has 106 valence electrons. The molecule has 1 aromatic carbocycles. The summed E-state index contributed by atoms with van der Waals surface area (Å²) in [6.07, 6.45) is 2.42. The monoisotopic (exact) mass is 346 g/mol. The van der Waals surface area contributed by atoms with Crippen LogP contribution in [0.2, 0.25) is 0 Å². The number of benzene rings is 1. The zero-order valence-corrected chi connectivity index (χ0v) is 13.4. The Morgan fingerprint density at radius 3 is 2.68 bits per heavy atom. The number of nitrogens with zero attached hydrogens (tertiary/aromatic N) is 1. The molecule has 0 spiro atoms. The van der Waals surface area contributed by atoms with Crippen LogP contribution in [0.5, 0.6) is 0 Å². The summed E-state index contributed by atoms with van der Waals surface area (Å²) in [6.45, 7) is 4.66. The maximum atomic E-state index is 12.2. The van der Waals surface area contributed by atoms with Crippen molar-refractivity contribution >= 4 is 26.0 Å². The molecule has 1 aliphatic rings. The maximum Gasteiger partial charge on any atom is 0.240 e. The molecular weight excluding hydrogens is 328 g/mol. The molecule has 0 aliphatic carbocycles. The van der Waals surface area contributed by atoms with Crippen LogP contribution in [0.15, 0.2) is 33.6 Å². The van der Waals surface area contributed by atoms with Gasteiger partial charge in [0, 0.05) is 17.1 Å². The minimum atomic E-state index is -3.41. The fourth-order valence-corrected chi connectivity index (χ4v) is 3.98. The van der Waals surface area contributed by atoms with Gasteiger partial charge in [-0.05, 0) is 51.1 Å². The van der Waals surface area contributed by atoms with Gasteiger partial charge in [0.15, 0.2) is 0 Å². The van der Waals surface area contributed by atoms with Gasteiger partial charge in [0.2, 0.25) is 10.0 Å². The van der Waals surface area contributed by atoms with Crippen molar-refractivity contribution in [2.45, 2.75) is 30.7 Å². The molecule has 0 aromatic heterocycles. The van der Waals surface area contributed by atoms with Gasteiger partial charge in [0.05, 0.1) is 4.90 Å². The number of likely N-dealkylation sites (tertiary alicyclic amines) is 1. The van der Waals surface area contributed by atoms with Crippen molar-refractivity contribution in [3.05, 3.63) is 28.7 Å². The van der Waals surface area contributed by atoms with Gasteiger partial charge < -0.3 is 0 Å². The molecule has 1 aromatic rings. The van der Waals surface area contributed by atoms with E-state index in [1.54, 1.807) is 18.2 Å². The Labute approximate surface area is 123 Å². The number of nitrogens with one attached hydrogen (secondary N) is 1. The first kappa shape index (κ1) is 15.0. The summed E-state index contributed by atoms with van der Waals surface area (Å²) < 4.78 is 27.8. The lowest BCUT2D eigenvalue weighted by Crippen LogP contribution is -2.40. The fourth-order valence-electron chi connectivity index (χ4n) is 2.26. The molecule has 0 amide bonds. The number of hydrogen-bond acceptors (Lipinski definition) is 3. The molecule has 0 radical (unpaired) electrons. The van der Waals surface area contributed by atoms with Gasteiger partial charge in [-0.3, -0.25) is 4.90 Å². The van der Waals surface area contributed by atoms with Crippen LogP contribution in [0.25, 0.3) is 0 Å². The van der Waals surface area contributed by atoms with Crippen LogP contribution in [0.4, 0.5) is 0 Å². The van der Waals surface area contributed by atoms with Crippen molar-refractivity contribution in [1.29, 1.82) is 0 Å². The Balaban J connectivity index is 1.97. The van der Waals surface area contributed by atoms with Crippen LogP contribution in [0.1, 0.15) is 19.8 Å². The second-order valence-corrected chi connectivity index (χ2v) is 7.58. The van der Waals surface area contributed by atoms with Crippen LogP contribution in [0, 0.1) is 0 Å². The average Bonchev–Trinajstić information content (AvgIpc) is 2.90. The SMILES string of the molecule is CC(CNS(=O)(=O)c1cccc(Br)c1)N1CCCC1. The molecule has 1 unspecified atom stereocenters. The van der Waals surface area contributed by atoms with Crippen molar-refractivity contribution in [1.82, 2.24) is 9.62 Å². The Hall–Kier alpha value is -0.430. The van der Waals surface area contributed by atoms with Crippen molar-refractivity contribution in [2.24, 2.45) is 0 Å². The second-order valence-electron chi connectivity index (χ2n) is 4.90. The van der Waals surface area contributed by atoms with E-state index < -0.39 is 10.0 Å². The highest BCUT2D eigenvalue weighted by Gasteiger charge is 2.21. The third-order valence-corrected chi connectivity index (χ3v) is 5.35. The third-order valence-electron chi connectivity index (χ3n) is 3.44. The van der Waals surface area contributed by atoms with E-state index in [2.05, 4.69) is 32.5 Å². The summed E-state index contributed by atoms with van der Waals surface area (Å²) in [5.41, 5.74) is 0. The normalized spacial score (nSPS) is 18.6. The molecule has 0 bridgehead atoms. The summed E-state index contributed by atoms with van der Waals surface area (Å²) in [5, 5.41) is 0. The highest BCUT2D eigenvalue weighted by Crippen LogP contribution is 2.16. The predicted octanol–water partition coefficient (Wildman–Crippen LogP) is 2.21. The minimum absolute atomic E-state index is 0.240. The van der Waals surface area contributed by atoms with E-state index in [-0.39, 0.29) is 6.04 Å². The van der Waals surface area contributed by atoms with Crippen LogP contribution in [-0.2, 0) is 10.0 Å². The lowest BCUT2D eigenvalue weighted by atomic mass is 10.3. The molecular formula is C13H19BrN2O2S. The lowest BCUT2D eigenvalue weighted by Gasteiger charge is -2.23. The molecule has 1 atom stereocenters. The van der Waals surface area contributed by atoms with E-state index in [4.69, 9.17) is 0 Å². The molecule has 1 aliphatic heterocycles. The van der Waals surface area contributed by atoms with Crippen LogP contribution in [0.3, 0.4) is 0 Å². The van der Waals surface area contributed by atoms with Gasteiger partial charge in [-0.2, -0.15) is 0 Å². The van der Waals surface area contributed by atoms with Crippen molar-refractivity contribution in [3.8, 4) is 0 Å². The molecule has 2 rings (SSSR count). The highest BCUT2D eigenvalue weighted by molar-refractivity contribution is 9.10. The first-order chi connectivity index (χ1) is 8.99. The molecule has 0 saturated carbocycles. The van der Waals surface area contributed by atoms with Crippen LogP contribution >= 0.6 is 15.9 Å². The summed E-state index contributed by atoms with van der Waals surface area (Å²) in [5.74, 6) is 0. The Morgan fingerprint density at radius 2 is 2.05 bits per heavy atom. The molecule has 1 N–H and O–H groups in total. The molecule has 19 heavy (non-hydrogen) atoms. The largest absolute Gasteiger partial charge is 0.299 e. The minimum Gasteiger partial charge on any atom is -0.299 e. The van der Waals surface area contributed by atoms with Crippen molar-refractivity contribution < 1.29 is 8.42 Å². The Bertz CT molecular complexity index is 527. The van der Waals surface area contributed by atoms with Gasteiger partial charge in [-0.1, -0.05) is 22.0 Å². The Kier molecular flexibility index (Phi) is 5.00. The average molecular weight is 347 g/mol. The highest BCUT2D eigenvalue weighted by atomic mass is 79.9. The van der Waals surface area contributed by atoms with Gasteiger partial charge in [-0.25, -0.2) is 13.1 Å². The number of halogens is 1. The zero-order chi connectivity index (χ0) is 13.9. The molecule has 1 heterocycles. The lowest BCUT2D eigenvalue weighted by molar-refractivity contribution is 0.260. The first-order valence-electron chi connectivity index (χ1n) is 6.48. The van der Waals surface area contributed by atoms with E-state index >= 15 is 0 Å². The standard InChI is InChI=1S/C13H19BrN2O2S/c1-11(16-7-2-3-8-16)10-15-19(17,18)13-6-4-5-12(14)9-13/h4-6,9,11,15H,2-3,7-8,10H2,1H3. The summed E-state index contributed by atoms with van der Waals surface area (Å²) in [4.78, 5) is 2.62. The number of hydrogen-bond donors (Lipinski definition) is 1. The second kappa shape index (κ2) is 6.35. The van der Waals surface area contributed by atoms with Gasteiger partial charge in [0.1, 0.15) is 0 Å². The smallest absolute Gasteiger partial charge is 0.240 e. The summed E-state index contributed by atoms with van der Waals surface area (Å²) in [6, 6.07) is 7.00. The van der Waals surface area contributed by atoms with E-state index in [9.17, 15) is 8.42 Å². The maximum absolute atomic E-state index is 12.2. The summed E-state index contributed by atoms with van der Waals surface area (Å²) >= 11 is 3.29. The van der Waals surface area contributed by atoms with Gasteiger partial charge >= 0.3 is 0 Å². The Morgan fingerprint density at radius 1 is 1.37 bits per heavy atom. The van der Waals surface area contributed by atoms with E-state index in [0.717, 1.165) is 17.6 Å². The van der Waals surface area contributed by atoms with Gasteiger partial charge in [-0.15, -0.1) is 0 Å². The predicted molar refractivity (Wildman–Crippen MR) is 79.6 cm³/mol. The van der Waals surface area contributed by atoms with E-state index in [0.29, 0.717) is 11.4 Å². The van der Waals surface area contributed by atoms with Crippen molar-refractivity contribution in [2.75, 3.05) is 19.6 Å². The van der Waals surface area contributed by atoms with Crippen LogP contribution in [-0.4, -0.2) is 39.0 Å². The molecule has 6 heteroatoms. The molecule has 4 nitrogen and oxygen atoms in total. The van der Waals surface area contributed by atoms with Gasteiger partial charge in [0.25, 0.3) is 0 Å². The topological polar surface area (TPSA) is 49.4 Å². The molecule has 1 saturated heterocycles. The first-order valence-corrected chi connectivity index (χ1v) is 8.76. The van der Waals surface area contributed by atoms with E-state index in [1.807, 2.05) is 6.07 Å². The van der Waals surface area contributed by atoms with Crippen molar-refractivity contribution in [3.63, 3.8) is 0 Å². The molecule has 1 fully saturated rings.